The maximum Gasteiger partial charge on any atom is 0.119 e. The van der Waals surface area contributed by atoms with Crippen LogP contribution in [0.1, 0.15) is 5.56 Å². The van der Waals surface area contributed by atoms with Crippen LogP contribution in [0, 0.1) is 0 Å². The molecule has 1 heterocycles. The van der Waals surface area contributed by atoms with Crippen LogP contribution in [-0.4, -0.2) is 26.7 Å². The molecule has 1 aliphatic rings. The number of para-hydroxylation sites is 1. The first kappa shape index (κ1) is 12.9. The molecular formula is C17H20N2O. The Morgan fingerprint density at radius 1 is 1.15 bits per heavy atom. The highest BCUT2D eigenvalue weighted by Gasteiger charge is 2.21. The Kier molecular flexibility index (Phi) is 3.50. The van der Waals surface area contributed by atoms with Crippen LogP contribution in [0.5, 0.6) is 5.75 Å². The molecule has 3 rings (SSSR count). The molecule has 0 bridgehead atoms. The minimum absolute atomic E-state index is 0.472. The number of hydrogen-bond acceptors (Lipinski definition) is 3. The average molecular weight is 268 g/mol. The van der Waals surface area contributed by atoms with Gasteiger partial charge in [0.05, 0.1) is 7.11 Å². The number of hydrogen-bond donors (Lipinski definition) is 1. The van der Waals surface area contributed by atoms with E-state index in [-0.39, 0.29) is 0 Å². The molecule has 2 aromatic rings. The first-order chi connectivity index (χ1) is 9.76. The summed E-state index contributed by atoms with van der Waals surface area (Å²) >= 11 is 0. The van der Waals surface area contributed by atoms with E-state index in [1.807, 2.05) is 12.1 Å². The molecule has 0 radical (unpaired) electrons. The van der Waals surface area contributed by atoms with E-state index in [1.165, 1.54) is 16.9 Å². The zero-order chi connectivity index (χ0) is 13.9. The number of likely N-dealkylation sites (N-methyl/N-ethyl adjacent to an activating group) is 1. The summed E-state index contributed by atoms with van der Waals surface area (Å²) in [4.78, 5) is 2.28. The van der Waals surface area contributed by atoms with Gasteiger partial charge in [-0.1, -0.05) is 18.2 Å². The number of nitrogens with zero attached hydrogens (tertiary/aromatic N) is 1. The predicted octanol–water partition coefficient (Wildman–Crippen LogP) is 3.17. The minimum atomic E-state index is 0.472. The van der Waals surface area contributed by atoms with Gasteiger partial charge in [-0.15, -0.1) is 0 Å². The third-order valence-electron chi connectivity index (χ3n) is 3.85. The van der Waals surface area contributed by atoms with Gasteiger partial charge in [0.15, 0.2) is 0 Å². The Morgan fingerprint density at radius 2 is 1.90 bits per heavy atom. The second kappa shape index (κ2) is 5.45. The van der Waals surface area contributed by atoms with Gasteiger partial charge in [0, 0.05) is 31.0 Å². The van der Waals surface area contributed by atoms with Gasteiger partial charge in [-0.05, 0) is 42.3 Å². The SMILES string of the molecule is COc1ccc(N(C)CC2Cc3ccccc3N2)cc1. The van der Waals surface area contributed by atoms with Gasteiger partial charge in [0.2, 0.25) is 0 Å². The number of nitrogens with one attached hydrogen (secondary N) is 1. The summed E-state index contributed by atoms with van der Waals surface area (Å²) in [5.74, 6) is 0.897. The maximum absolute atomic E-state index is 5.19. The first-order valence-electron chi connectivity index (χ1n) is 6.96. The average Bonchev–Trinajstić information content (AvgIpc) is 2.89. The van der Waals surface area contributed by atoms with Gasteiger partial charge >= 0.3 is 0 Å². The summed E-state index contributed by atoms with van der Waals surface area (Å²) in [7, 11) is 3.82. The highest BCUT2D eigenvalue weighted by Crippen LogP contribution is 2.26. The quantitative estimate of drug-likeness (QED) is 0.921. The Labute approximate surface area is 120 Å². The molecular weight excluding hydrogens is 248 g/mol. The third kappa shape index (κ3) is 2.57. The Hall–Kier alpha value is -2.16. The van der Waals surface area contributed by atoms with E-state index < -0.39 is 0 Å². The van der Waals surface area contributed by atoms with Gasteiger partial charge in [-0.25, -0.2) is 0 Å². The van der Waals surface area contributed by atoms with Gasteiger partial charge in [-0.2, -0.15) is 0 Å². The van der Waals surface area contributed by atoms with Crippen molar-refractivity contribution < 1.29 is 4.74 Å². The molecule has 1 unspecified atom stereocenters. The summed E-state index contributed by atoms with van der Waals surface area (Å²) in [6, 6.07) is 17.2. The second-order valence-electron chi connectivity index (χ2n) is 5.28. The van der Waals surface area contributed by atoms with Gasteiger partial charge < -0.3 is 15.0 Å². The number of ether oxygens (including phenoxy) is 1. The Balaban J connectivity index is 1.64. The van der Waals surface area contributed by atoms with Gasteiger partial charge in [-0.3, -0.25) is 0 Å². The number of methoxy groups -OCH3 is 1. The van der Waals surface area contributed by atoms with Crippen molar-refractivity contribution in [1.29, 1.82) is 0 Å². The van der Waals surface area contributed by atoms with E-state index >= 15 is 0 Å². The number of anilines is 2. The lowest BCUT2D eigenvalue weighted by molar-refractivity contribution is 0.415. The highest BCUT2D eigenvalue weighted by atomic mass is 16.5. The molecule has 0 spiro atoms. The molecule has 3 nitrogen and oxygen atoms in total. The fourth-order valence-corrected chi connectivity index (χ4v) is 2.76. The van der Waals surface area contributed by atoms with Gasteiger partial charge in [0.1, 0.15) is 5.75 Å². The lowest BCUT2D eigenvalue weighted by Gasteiger charge is -2.23. The van der Waals surface area contributed by atoms with Crippen LogP contribution in [0.2, 0.25) is 0 Å². The van der Waals surface area contributed by atoms with Crippen LogP contribution in [-0.2, 0) is 6.42 Å². The third-order valence-corrected chi connectivity index (χ3v) is 3.85. The van der Waals surface area contributed by atoms with E-state index in [1.54, 1.807) is 7.11 Å². The molecule has 0 amide bonds. The minimum Gasteiger partial charge on any atom is -0.497 e. The van der Waals surface area contributed by atoms with Crippen molar-refractivity contribution in [2.45, 2.75) is 12.5 Å². The Bertz CT molecular complexity index is 555. The molecule has 0 aromatic heterocycles. The molecule has 0 fully saturated rings. The number of rotatable bonds is 4. The van der Waals surface area contributed by atoms with Gasteiger partial charge in [0.25, 0.3) is 0 Å². The fourth-order valence-electron chi connectivity index (χ4n) is 2.76. The van der Waals surface area contributed by atoms with E-state index in [4.69, 9.17) is 4.74 Å². The molecule has 20 heavy (non-hydrogen) atoms. The lowest BCUT2D eigenvalue weighted by atomic mass is 10.1. The topological polar surface area (TPSA) is 24.5 Å². The van der Waals surface area contributed by atoms with Crippen molar-refractivity contribution in [1.82, 2.24) is 0 Å². The predicted molar refractivity (Wildman–Crippen MR) is 83.8 cm³/mol. The van der Waals surface area contributed by atoms with Crippen LogP contribution in [0.4, 0.5) is 11.4 Å². The molecule has 0 saturated heterocycles. The van der Waals surface area contributed by atoms with E-state index in [9.17, 15) is 0 Å². The van der Waals surface area contributed by atoms with Crippen LogP contribution in [0.3, 0.4) is 0 Å². The van der Waals surface area contributed by atoms with E-state index in [0.29, 0.717) is 6.04 Å². The lowest BCUT2D eigenvalue weighted by Crippen LogP contribution is -2.32. The molecule has 0 aliphatic carbocycles. The molecule has 1 N–H and O–H groups in total. The van der Waals surface area contributed by atoms with Crippen molar-refractivity contribution >= 4 is 11.4 Å². The summed E-state index contributed by atoms with van der Waals surface area (Å²) in [6.07, 6.45) is 1.09. The zero-order valence-corrected chi connectivity index (χ0v) is 12.0. The fraction of sp³-hybridized carbons (Fsp3) is 0.294. The normalized spacial score (nSPS) is 16.4. The number of benzene rings is 2. The molecule has 1 atom stereocenters. The van der Waals surface area contributed by atoms with Crippen LogP contribution in [0.15, 0.2) is 48.5 Å². The monoisotopic (exact) mass is 268 g/mol. The van der Waals surface area contributed by atoms with Crippen LogP contribution in [0.25, 0.3) is 0 Å². The summed E-state index contributed by atoms with van der Waals surface area (Å²) in [5, 5.41) is 3.59. The zero-order valence-electron chi connectivity index (χ0n) is 12.0. The van der Waals surface area contributed by atoms with Crippen LogP contribution < -0.4 is 15.0 Å². The smallest absolute Gasteiger partial charge is 0.119 e. The molecule has 1 aliphatic heterocycles. The standard InChI is InChI=1S/C17H20N2O/c1-19(15-7-9-16(20-2)10-8-15)12-14-11-13-5-3-4-6-17(13)18-14/h3-10,14,18H,11-12H2,1-2H3. The summed E-state index contributed by atoms with van der Waals surface area (Å²) in [6.45, 7) is 0.987. The maximum atomic E-state index is 5.19. The van der Waals surface area contributed by atoms with Crippen LogP contribution >= 0.6 is 0 Å². The van der Waals surface area contributed by atoms with Crippen molar-refractivity contribution in [2.24, 2.45) is 0 Å². The summed E-state index contributed by atoms with van der Waals surface area (Å²) < 4.78 is 5.19. The van der Waals surface area contributed by atoms with Crippen molar-refractivity contribution in [2.75, 3.05) is 30.9 Å². The van der Waals surface area contributed by atoms with Crippen molar-refractivity contribution in [3.05, 3.63) is 54.1 Å². The molecule has 104 valence electrons. The molecule has 0 saturated carbocycles. The van der Waals surface area contributed by atoms with Crippen molar-refractivity contribution in [3.8, 4) is 5.75 Å². The molecule has 2 aromatic carbocycles. The first-order valence-corrected chi connectivity index (χ1v) is 6.96. The largest absolute Gasteiger partial charge is 0.497 e. The second-order valence-corrected chi connectivity index (χ2v) is 5.28. The van der Waals surface area contributed by atoms with Crippen molar-refractivity contribution in [3.63, 3.8) is 0 Å². The number of fused-ring (bicyclic) bond motifs is 1. The van der Waals surface area contributed by atoms with E-state index in [0.717, 1.165) is 18.7 Å². The Morgan fingerprint density at radius 3 is 2.60 bits per heavy atom. The van der Waals surface area contributed by atoms with E-state index in [2.05, 4.69) is 53.7 Å². The summed E-state index contributed by atoms with van der Waals surface area (Å²) in [5.41, 5.74) is 3.91. The molecule has 3 heteroatoms. The highest BCUT2D eigenvalue weighted by molar-refractivity contribution is 5.57.